The molecule has 0 unspecified atom stereocenters. The molecule has 0 saturated heterocycles. The van der Waals surface area contributed by atoms with Gasteiger partial charge in [0.15, 0.2) is 0 Å². The van der Waals surface area contributed by atoms with Crippen LogP contribution in [0.5, 0.6) is 0 Å². The Kier molecular flexibility index (Phi) is 19.0. The first-order chi connectivity index (χ1) is 16.4. The molecule has 0 aliphatic carbocycles. The molecule has 2 rings (SSSR count). The second-order valence-electron chi connectivity index (χ2n) is 11.8. The molecule has 0 spiro atoms. The maximum Gasteiger partial charge on any atom is 2.00 e. The minimum Gasteiger partial charge on any atom is -1.00 e. The fraction of sp³-hybridized carbons (Fsp3) is 0.625. The molecule has 0 aromatic heterocycles. The molecule has 0 aliphatic heterocycles. The summed E-state index contributed by atoms with van der Waals surface area (Å²) in [5, 5.41) is 7.62. The number of nitrogens with zero attached hydrogens (tertiary/aromatic N) is 1. The van der Waals surface area contributed by atoms with Crippen molar-refractivity contribution in [2.24, 2.45) is 0 Å². The van der Waals surface area contributed by atoms with Gasteiger partial charge >= 0.3 is 16.8 Å². The summed E-state index contributed by atoms with van der Waals surface area (Å²) in [5.74, 6) is 2.09. The Morgan fingerprint density at radius 2 is 0.895 bits per heavy atom. The molecule has 0 fully saturated rings. The quantitative estimate of drug-likeness (QED) is 0.343. The number of halogens is 2. The van der Waals surface area contributed by atoms with Gasteiger partial charge in [0, 0.05) is 31.0 Å². The fourth-order valence-electron chi connectivity index (χ4n) is 4.96. The number of aryl methyl sites for hydroxylation is 2. The summed E-state index contributed by atoms with van der Waals surface area (Å²) in [5.41, 5.74) is 11.2. The van der Waals surface area contributed by atoms with Crippen LogP contribution in [0.1, 0.15) is 119 Å². The van der Waals surface area contributed by atoms with E-state index in [1.54, 1.807) is 0 Å². The summed E-state index contributed by atoms with van der Waals surface area (Å²) < 4.78 is 0. The number of benzene rings is 2. The van der Waals surface area contributed by atoms with Crippen LogP contribution in [-0.2, 0) is 16.8 Å². The largest absolute Gasteiger partial charge is 2.00 e. The average molecular weight is 610 g/mol. The molecular weight excluding hydrogens is 556 g/mol. The number of likely N-dealkylation sites (N-methyl/N-ethyl adjacent to an activating group) is 1. The standard InChI is InChI=1S/C32H53N3.2ClH.Co/c1-21(2)27-17-25(9)18-28(22(3)4)31(27)33-13-12-15-35(11)16-14-34-32-29(23(5)6)19-26(10)20-30(32)24(7)8;;;/h17-24,33-34H,12-16H2,1-11H3;2*1H;/q;;;+2/p-2. The molecule has 0 aliphatic rings. The first kappa shape index (κ1) is 39.2. The van der Waals surface area contributed by atoms with Gasteiger partial charge in [-0.05, 0) is 79.8 Å². The smallest absolute Gasteiger partial charge is 1.00 e. The van der Waals surface area contributed by atoms with Crippen LogP contribution in [0, 0.1) is 13.8 Å². The van der Waals surface area contributed by atoms with E-state index in [0.717, 1.165) is 32.6 Å². The van der Waals surface area contributed by atoms with Crippen LogP contribution in [0.25, 0.3) is 0 Å². The van der Waals surface area contributed by atoms with E-state index in [2.05, 4.69) is 116 Å². The van der Waals surface area contributed by atoms with Crippen LogP contribution < -0.4 is 35.4 Å². The number of hydrogen-bond donors (Lipinski definition) is 2. The van der Waals surface area contributed by atoms with Crippen molar-refractivity contribution in [3.63, 3.8) is 0 Å². The number of rotatable bonds is 13. The van der Waals surface area contributed by atoms with Gasteiger partial charge in [0.2, 0.25) is 0 Å². The number of nitrogens with one attached hydrogen (secondary N) is 2. The second-order valence-corrected chi connectivity index (χ2v) is 11.8. The molecule has 0 atom stereocenters. The Morgan fingerprint density at radius 3 is 1.21 bits per heavy atom. The van der Waals surface area contributed by atoms with Gasteiger partial charge in [-0.2, -0.15) is 0 Å². The molecule has 1 radical (unpaired) electrons. The van der Waals surface area contributed by atoms with Gasteiger partial charge in [-0.25, -0.2) is 0 Å². The SMILES string of the molecule is Cc1cc(C(C)C)c(NCCCN(C)CCNc2c(C(C)C)cc(C)cc2C(C)C)c(C(C)C)c1.[Cl-].[Cl-].[Co+2]. The predicted octanol–water partition coefficient (Wildman–Crippen LogP) is 2.65. The van der Waals surface area contributed by atoms with Crippen molar-refractivity contribution in [3.8, 4) is 0 Å². The molecule has 38 heavy (non-hydrogen) atoms. The van der Waals surface area contributed by atoms with Gasteiger partial charge in [0.05, 0.1) is 0 Å². The van der Waals surface area contributed by atoms with E-state index >= 15 is 0 Å². The molecule has 2 N–H and O–H groups in total. The number of hydrogen-bond acceptors (Lipinski definition) is 3. The minimum absolute atomic E-state index is 0. The van der Waals surface area contributed by atoms with Gasteiger partial charge in [-0.15, -0.1) is 0 Å². The molecule has 3 nitrogen and oxygen atoms in total. The van der Waals surface area contributed by atoms with Crippen LogP contribution in [-0.4, -0.2) is 38.1 Å². The third-order valence-corrected chi connectivity index (χ3v) is 6.99. The topological polar surface area (TPSA) is 27.3 Å². The van der Waals surface area contributed by atoms with E-state index in [0.29, 0.717) is 23.7 Å². The van der Waals surface area contributed by atoms with Gasteiger partial charge < -0.3 is 40.3 Å². The zero-order valence-electron chi connectivity index (χ0n) is 25.7. The Balaban J connectivity index is 0. The molecule has 2 aromatic rings. The van der Waals surface area contributed by atoms with E-state index in [4.69, 9.17) is 0 Å². The Morgan fingerprint density at radius 1 is 0.579 bits per heavy atom. The van der Waals surface area contributed by atoms with Gasteiger partial charge in [-0.1, -0.05) is 90.8 Å². The third kappa shape index (κ3) is 11.3. The Bertz CT molecular complexity index is 900. The second kappa shape index (κ2) is 18.4. The van der Waals surface area contributed by atoms with Gasteiger partial charge in [0.25, 0.3) is 0 Å². The Labute approximate surface area is 257 Å². The van der Waals surface area contributed by atoms with E-state index in [1.807, 2.05) is 0 Å². The van der Waals surface area contributed by atoms with Crippen LogP contribution in [0.2, 0.25) is 0 Å². The van der Waals surface area contributed by atoms with Crippen LogP contribution in [0.4, 0.5) is 11.4 Å². The first-order valence-corrected chi connectivity index (χ1v) is 13.9. The van der Waals surface area contributed by atoms with E-state index < -0.39 is 0 Å². The van der Waals surface area contributed by atoms with Crippen molar-refractivity contribution in [3.05, 3.63) is 57.6 Å². The van der Waals surface area contributed by atoms with Gasteiger partial charge in [0.1, 0.15) is 0 Å². The zero-order valence-corrected chi connectivity index (χ0v) is 28.2. The summed E-state index contributed by atoms with van der Waals surface area (Å²) in [6, 6.07) is 9.43. The number of anilines is 2. The predicted molar refractivity (Wildman–Crippen MR) is 158 cm³/mol. The summed E-state index contributed by atoms with van der Waals surface area (Å²) in [6.07, 6.45) is 1.14. The van der Waals surface area contributed by atoms with Crippen LogP contribution >= 0.6 is 0 Å². The molecule has 219 valence electrons. The van der Waals surface area contributed by atoms with Crippen molar-refractivity contribution >= 4 is 11.4 Å². The third-order valence-electron chi connectivity index (χ3n) is 6.99. The Hall–Kier alpha value is -0.914. The average Bonchev–Trinajstić information content (AvgIpc) is 2.76. The molecule has 2 aromatic carbocycles. The van der Waals surface area contributed by atoms with E-state index in [1.165, 1.54) is 44.8 Å². The first-order valence-electron chi connectivity index (χ1n) is 13.9. The summed E-state index contributed by atoms with van der Waals surface area (Å²) in [4.78, 5) is 2.45. The molecule has 0 heterocycles. The molecular formula is C32H53Cl2CoN3. The van der Waals surface area contributed by atoms with Gasteiger partial charge in [-0.3, -0.25) is 0 Å². The zero-order chi connectivity index (χ0) is 26.3. The normalized spacial score (nSPS) is 11.1. The van der Waals surface area contributed by atoms with Crippen LogP contribution in [0.15, 0.2) is 24.3 Å². The molecule has 6 heteroatoms. The molecule has 0 saturated carbocycles. The van der Waals surface area contributed by atoms with Crippen molar-refractivity contribution < 1.29 is 41.6 Å². The molecule has 0 amide bonds. The summed E-state index contributed by atoms with van der Waals surface area (Å²) >= 11 is 0. The van der Waals surface area contributed by atoms with Crippen molar-refractivity contribution in [2.45, 2.75) is 99.3 Å². The van der Waals surface area contributed by atoms with E-state index in [-0.39, 0.29) is 41.6 Å². The molecule has 0 bridgehead atoms. The monoisotopic (exact) mass is 608 g/mol. The van der Waals surface area contributed by atoms with Crippen LogP contribution in [0.3, 0.4) is 0 Å². The summed E-state index contributed by atoms with van der Waals surface area (Å²) in [6.45, 7) is 26.9. The van der Waals surface area contributed by atoms with Crippen molar-refractivity contribution in [1.29, 1.82) is 0 Å². The maximum atomic E-state index is 3.81. The minimum atomic E-state index is 0. The van der Waals surface area contributed by atoms with E-state index in [9.17, 15) is 0 Å². The maximum absolute atomic E-state index is 3.81. The summed E-state index contributed by atoms with van der Waals surface area (Å²) in [7, 11) is 2.24. The van der Waals surface area contributed by atoms with Crippen molar-refractivity contribution in [1.82, 2.24) is 4.90 Å². The van der Waals surface area contributed by atoms with Crippen molar-refractivity contribution in [2.75, 3.05) is 43.9 Å². The fourth-order valence-corrected chi connectivity index (χ4v) is 4.96.